The smallest absolute Gasteiger partial charge is 0.337 e. The van der Waals surface area contributed by atoms with Crippen molar-refractivity contribution in [3.8, 4) is 0 Å². The lowest BCUT2D eigenvalue weighted by Gasteiger charge is -2.02. The summed E-state index contributed by atoms with van der Waals surface area (Å²) in [6, 6.07) is 2.81. The molecule has 5 nitrogen and oxygen atoms in total. The minimum atomic E-state index is -1.05. The van der Waals surface area contributed by atoms with Crippen molar-refractivity contribution >= 4 is 17.7 Å². The van der Waals surface area contributed by atoms with Crippen LogP contribution >= 0.6 is 0 Å². The number of anilines is 1. The van der Waals surface area contributed by atoms with E-state index in [0.29, 0.717) is 5.82 Å². The summed E-state index contributed by atoms with van der Waals surface area (Å²) in [6.07, 6.45) is 2.86. The Bertz CT molecular complexity index is 384. The van der Waals surface area contributed by atoms with Crippen LogP contribution in [0, 0.1) is 0 Å². The van der Waals surface area contributed by atoms with Crippen LogP contribution in [0.1, 0.15) is 16.8 Å². The van der Waals surface area contributed by atoms with Gasteiger partial charge in [-0.2, -0.15) is 0 Å². The van der Waals surface area contributed by atoms with Gasteiger partial charge in [0, 0.05) is 12.6 Å². The van der Waals surface area contributed by atoms with E-state index in [1.54, 1.807) is 0 Å². The second-order valence-corrected chi connectivity index (χ2v) is 2.78. The van der Waals surface area contributed by atoms with Crippen LogP contribution in [-0.2, 0) is 4.79 Å². The lowest BCUT2D eigenvalue weighted by molar-refractivity contribution is -0.115. The van der Waals surface area contributed by atoms with Gasteiger partial charge in [-0.15, -0.1) is 6.58 Å². The van der Waals surface area contributed by atoms with Crippen LogP contribution < -0.4 is 5.32 Å². The number of rotatable bonds is 4. The van der Waals surface area contributed by atoms with Crippen LogP contribution in [0.5, 0.6) is 0 Å². The van der Waals surface area contributed by atoms with Gasteiger partial charge in [-0.3, -0.25) is 4.79 Å². The maximum absolute atomic E-state index is 11.1. The lowest BCUT2D eigenvalue weighted by atomic mass is 10.3. The van der Waals surface area contributed by atoms with Gasteiger partial charge < -0.3 is 10.4 Å². The van der Waals surface area contributed by atoms with E-state index >= 15 is 0 Å². The minimum absolute atomic E-state index is 0.0803. The molecule has 1 aromatic rings. The summed E-state index contributed by atoms with van der Waals surface area (Å²) in [7, 11) is 0. The van der Waals surface area contributed by atoms with Crippen molar-refractivity contribution in [2.45, 2.75) is 6.42 Å². The molecule has 1 amide bonds. The van der Waals surface area contributed by atoms with Crippen molar-refractivity contribution in [3.63, 3.8) is 0 Å². The molecular weight excluding hydrogens is 196 g/mol. The zero-order chi connectivity index (χ0) is 11.3. The number of nitrogens with one attached hydrogen (secondary N) is 1. The van der Waals surface area contributed by atoms with Crippen molar-refractivity contribution in [2.75, 3.05) is 5.32 Å². The molecule has 5 heteroatoms. The molecule has 0 fully saturated rings. The lowest BCUT2D eigenvalue weighted by Crippen LogP contribution is -2.11. The van der Waals surface area contributed by atoms with Crippen molar-refractivity contribution in [1.29, 1.82) is 0 Å². The number of hydrogen-bond donors (Lipinski definition) is 2. The number of nitrogens with zero attached hydrogens (tertiary/aromatic N) is 1. The van der Waals surface area contributed by atoms with E-state index in [1.807, 2.05) is 0 Å². The fraction of sp³-hybridized carbons (Fsp3) is 0.100. The molecule has 1 aromatic heterocycles. The van der Waals surface area contributed by atoms with Crippen LogP contribution in [0.25, 0.3) is 0 Å². The molecule has 0 saturated heterocycles. The summed E-state index contributed by atoms with van der Waals surface area (Å²) in [6.45, 7) is 3.42. The largest absolute Gasteiger partial charge is 0.478 e. The second kappa shape index (κ2) is 4.90. The number of pyridine rings is 1. The average molecular weight is 206 g/mol. The summed E-state index contributed by atoms with van der Waals surface area (Å²) >= 11 is 0. The number of carbonyl (C=O) groups excluding carboxylic acids is 1. The summed E-state index contributed by atoms with van der Waals surface area (Å²) < 4.78 is 0. The molecule has 1 heterocycles. The molecule has 0 aromatic carbocycles. The first-order valence-electron chi connectivity index (χ1n) is 4.23. The molecular formula is C10H10N2O3. The molecule has 78 valence electrons. The third-order valence-electron chi connectivity index (χ3n) is 1.61. The van der Waals surface area contributed by atoms with Crippen molar-refractivity contribution in [3.05, 3.63) is 36.5 Å². The van der Waals surface area contributed by atoms with E-state index in [4.69, 9.17) is 5.11 Å². The summed E-state index contributed by atoms with van der Waals surface area (Å²) in [5.41, 5.74) is 0.0803. The number of aromatic carboxylic acids is 1. The Morgan fingerprint density at radius 1 is 1.53 bits per heavy atom. The molecule has 0 spiro atoms. The fourth-order valence-corrected chi connectivity index (χ4v) is 0.919. The Balaban J connectivity index is 2.68. The number of carboxylic acids is 1. The highest BCUT2D eigenvalue weighted by Crippen LogP contribution is 2.05. The maximum Gasteiger partial charge on any atom is 0.337 e. The standard InChI is InChI=1S/C10H10N2O3/c1-2-3-9(13)12-8-5-4-7(6-11-8)10(14)15/h2,4-6H,1,3H2,(H,14,15)(H,11,12,13). The Hall–Kier alpha value is -2.17. The molecule has 0 radical (unpaired) electrons. The first-order valence-corrected chi connectivity index (χ1v) is 4.23. The van der Waals surface area contributed by atoms with Gasteiger partial charge in [0.25, 0.3) is 0 Å². The van der Waals surface area contributed by atoms with Crippen LogP contribution in [0.3, 0.4) is 0 Å². The normalized spacial score (nSPS) is 9.33. The minimum Gasteiger partial charge on any atom is -0.478 e. The molecule has 2 N–H and O–H groups in total. The van der Waals surface area contributed by atoms with E-state index in [9.17, 15) is 9.59 Å². The van der Waals surface area contributed by atoms with Crippen molar-refractivity contribution in [1.82, 2.24) is 4.98 Å². The fourth-order valence-electron chi connectivity index (χ4n) is 0.919. The second-order valence-electron chi connectivity index (χ2n) is 2.78. The zero-order valence-corrected chi connectivity index (χ0v) is 7.93. The van der Waals surface area contributed by atoms with Gasteiger partial charge in [0.1, 0.15) is 5.82 Å². The van der Waals surface area contributed by atoms with Gasteiger partial charge in [-0.1, -0.05) is 6.08 Å². The van der Waals surface area contributed by atoms with Crippen LogP contribution in [0.4, 0.5) is 5.82 Å². The molecule has 0 aliphatic heterocycles. The van der Waals surface area contributed by atoms with E-state index < -0.39 is 5.97 Å². The number of amides is 1. The molecule has 0 atom stereocenters. The maximum atomic E-state index is 11.1. The van der Waals surface area contributed by atoms with E-state index in [0.717, 1.165) is 0 Å². The number of aromatic nitrogens is 1. The van der Waals surface area contributed by atoms with Gasteiger partial charge in [0.15, 0.2) is 0 Å². The Labute approximate surface area is 86.5 Å². The van der Waals surface area contributed by atoms with Gasteiger partial charge >= 0.3 is 5.97 Å². The van der Waals surface area contributed by atoms with Gasteiger partial charge in [0.2, 0.25) is 5.91 Å². The summed E-state index contributed by atoms with van der Waals surface area (Å²) in [4.78, 5) is 25.4. The Morgan fingerprint density at radius 2 is 2.27 bits per heavy atom. The van der Waals surface area contributed by atoms with Gasteiger partial charge in [-0.25, -0.2) is 9.78 Å². The molecule has 1 rings (SSSR count). The predicted octanol–water partition coefficient (Wildman–Crippen LogP) is 1.29. The third-order valence-corrected chi connectivity index (χ3v) is 1.61. The number of carboxylic acid groups (broad SMARTS) is 1. The first-order chi connectivity index (χ1) is 7.13. The highest BCUT2D eigenvalue weighted by molar-refractivity contribution is 5.91. The van der Waals surface area contributed by atoms with Crippen molar-refractivity contribution < 1.29 is 14.7 Å². The molecule has 0 aliphatic carbocycles. The quantitative estimate of drug-likeness (QED) is 0.727. The average Bonchev–Trinajstić information content (AvgIpc) is 2.18. The Morgan fingerprint density at radius 3 is 2.73 bits per heavy atom. The molecule has 0 aliphatic rings. The third kappa shape index (κ3) is 3.22. The topological polar surface area (TPSA) is 79.3 Å². The van der Waals surface area contributed by atoms with Crippen LogP contribution in [0.2, 0.25) is 0 Å². The number of carbonyl (C=O) groups is 2. The van der Waals surface area contributed by atoms with Crippen molar-refractivity contribution in [2.24, 2.45) is 0 Å². The molecule has 0 saturated carbocycles. The van der Waals surface area contributed by atoms with E-state index in [2.05, 4.69) is 16.9 Å². The zero-order valence-electron chi connectivity index (χ0n) is 7.93. The van der Waals surface area contributed by atoms with Gasteiger partial charge in [0.05, 0.1) is 5.56 Å². The summed E-state index contributed by atoms with van der Waals surface area (Å²) in [5.74, 6) is -0.959. The highest BCUT2D eigenvalue weighted by Gasteiger charge is 2.04. The Kier molecular flexibility index (Phi) is 3.56. The monoisotopic (exact) mass is 206 g/mol. The predicted molar refractivity (Wildman–Crippen MR) is 54.6 cm³/mol. The van der Waals surface area contributed by atoms with Gasteiger partial charge in [-0.05, 0) is 12.1 Å². The van der Waals surface area contributed by atoms with Crippen LogP contribution in [-0.4, -0.2) is 22.0 Å². The molecule has 0 unspecified atom stereocenters. The SMILES string of the molecule is C=CCC(=O)Nc1ccc(C(=O)O)cn1. The highest BCUT2D eigenvalue weighted by atomic mass is 16.4. The first kappa shape index (κ1) is 10.9. The summed E-state index contributed by atoms with van der Waals surface area (Å²) in [5, 5.41) is 11.1. The van der Waals surface area contributed by atoms with Crippen LogP contribution in [0.15, 0.2) is 31.0 Å². The molecule has 0 bridgehead atoms. The van der Waals surface area contributed by atoms with E-state index in [1.165, 1.54) is 24.4 Å². The van der Waals surface area contributed by atoms with E-state index in [-0.39, 0.29) is 17.9 Å². The number of hydrogen-bond acceptors (Lipinski definition) is 3. The molecule has 15 heavy (non-hydrogen) atoms.